The second kappa shape index (κ2) is 11.0. The van der Waals surface area contributed by atoms with Crippen LogP contribution < -0.4 is 10.6 Å². The Hall–Kier alpha value is -1.63. The lowest BCUT2D eigenvalue weighted by atomic mass is 10.0. The molecule has 24 heavy (non-hydrogen) atoms. The maximum Gasteiger partial charge on any atom is 0.191 e. The molecule has 1 unspecified atom stereocenters. The van der Waals surface area contributed by atoms with Crippen LogP contribution in [0.3, 0.4) is 0 Å². The summed E-state index contributed by atoms with van der Waals surface area (Å²) in [6, 6.07) is 12.6. The first-order valence-corrected chi connectivity index (χ1v) is 8.09. The Balaban J connectivity index is 0.00000288. The van der Waals surface area contributed by atoms with Crippen molar-refractivity contribution in [1.82, 2.24) is 15.6 Å². The first-order chi connectivity index (χ1) is 11.2. The standard InChI is InChI=1S/C19H26N4.HI/c1-15-13-21-11-9-18(15)10-12-22-19(20-3)23-14-16(2)17-7-5-4-6-8-17;/h4-9,11,13,16H,10,12,14H2,1-3H3,(H2,20,22,23);1H. The van der Waals surface area contributed by atoms with Crippen molar-refractivity contribution in [1.29, 1.82) is 0 Å². The van der Waals surface area contributed by atoms with E-state index in [4.69, 9.17) is 0 Å². The predicted molar refractivity (Wildman–Crippen MR) is 112 cm³/mol. The van der Waals surface area contributed by atoms with Crippen molar-refractivity contribution < 1.29 is 0 Å². The summed E-state index contributed by atoms with van der Waals surface area (Å²) in [7, 11) is 1.81. The van der Waals surface area contributed by atoms with E-state index in [9.17, 15) is 0 Å². The van der Waals surface area contributed by atoms with Crippen LogP contribution in [-0.2, 0) is 6.42 Å². The first-order valence-electron chi connectivity index (χ1n) is 8.09. The average molecular weight is 438 g/mol. The number of hydrogen-bond acceptors (Lipinski definition) is 2. The minimum Gasteiger partial charge on any atom is -0.356 e. The van der Waals surface area contributed by atoms with Gasteiger partial charge in [-0.25, -0.2) is 0 Å². The lowest BCUT2D eigenvalue weighted by Crippen LogP contribution is -2.39. The van der Waals surface area contributed by atoms with Gasteiger partial charge in [-0.15, -0.1) is 24.0 Å². The number of pyridine rings is 1. The summed E-state index contributed by atoms with van der Waals surface area (Å²) in [6.45, 7) is 6.02. The van der Waals surface area contributed by atoms with E-state index in [0.29, 0.717) is 5.92 Å². The molecule has 0 spiro atoms. The van der Waals surface area contributed by atoms with Gasteiger partial charge in [-0.05, 0) is 42.0 Å². The second-order valence-electron chi connectivity index (χ2n) is 5.74. The monoisotopic (exact) mass is 438 g/mol. The molecular formula is C19H27IN4. The molecule has 2 N–H and O–H groups in total. The van der Waals surface area contributed by atoms with Crippen LogP contribution >= 0.6 is 24.0 Å². The number of rotatable bonds is 6. The molecule has 0 aliphatic rings. The van der Waals surface area contributed by atoms with Gasteiger partial charge in [0.15, 0.2) is 5.96 Å². The number of aliphatic imine (C=N–C) groups is 1. The number of halogens is 1. The van der Waals surface area contributed by atoms with E-state index >= 15 is 0 Å². The summed E-state index contributed by atoms with van der Waals surface area (Å²) in [5.41, 5.74) is 3.89. The Morgan fingerprint density at radius 1 is 1.17 bits per heavy atom. The molecule has 1 atom stereocenters. The van der Waals surface area contributed by atoms with Gasteiger partial charge in [-0.3, -0.25) is 9.98 Å². The molecule has 0 radical (unpaired) electrons. The van der Waals surface area contributed by atoms with Crippen molar-refractivity contribution in [2.45, 2.75) is 26.2 Å². The topological polar surface area (TPSA) is 49.3 Å². The third-order valence-corrected chi connectivity index (χ3v) is 3.99. The average Bonchev–Trinajstić information content (AvgIpc) is 2.60. The second-order valence-corrected chi connectivity index (χ2v) is 5.74. The molecule has 4 nitrogen and oxygen atoms in total. The number of hydrogen-bond donors (Lipinski definition) is 2. The molecule has 1 heterocycles. The van der Waals surface area contributed by atoms with Crippen LogP contribution in [0.25, 0.3) is 0 Å². The zero-order chi connectivity index (χ0) is 16.5. The first kappa shape index (κ1) is 20.4. The van der Waals surface area contributed by atoms with Crippen molar-refractivity contribution in [3.05, 3.63) is 65.5 Å². The summed E-state index contributed by atoms with van der Waals surface area (Å²) >= 11 is 0. The van der Waals surface area contributed by atoms with E-state index in [1.807, 2.05) is 18.5 Å². The summed E-state index contributed by atoms with van der Waals surface area (Å²) in [4.78, 5) is 8.41. The van der Waals surface area contributed by atoms with Crippen LogP contribution in [0.1, 0.15) is 29.5 Å². The largest absolute Gasteiger partial charge is 0.356 e. The van der Waals surface area contributed by atoms with E-state index in [1.54, 1.807) is 7.05 Å². The molecule has 0 saturated carbocycles. The fraction of sp³-hybridized carbons (Fsp3) is 0.368. The molecule has 0 fully saturated rings. The lowest BCUT2D eigenvalue weighted by molar-refractivity contribution is 0.697. The van der Waals surface area contributed by atoms with E-state index in [1.165, 1.54) is 16.7 Å². The highest BCUT2D eigenvalue weighted by Crippen LogP contribution is 2.12. The smallest absolute Gasteiger partial charge is 0.191 e. The zero-order valence-electron chi connectivity index (χ0n) is 14.6. The fourth-order valence-electron chi connectivity index (χ4n) is 2.47. The maximum atomic E-state index is 4.29. The van der Waals surface area contributed by atoms with Gasteiger partial charge in [0.05, 0.1) is 0 Å². The van der Waals surface area contributed by atoms with Gasteiger partial charge in [0.2, 0.25) is 0 Å². The molecule has 1 aromatic carbocycles. The number of nitrogens with one attached hydrogen (secondary N) is 2. The number of aromatic nitrogens is 1. The molecule has 0 amide bonds. The van der Waals surface area contributed by atoms with Crippen LogP contribution in [0, 0.1) is 6.92 Å². The highest BCUT2D eigenvalue weighted by Gasteiger charge is 2.06. The van der Waals surface area contributed by atoms with Gasteiger partial charge in [-0.1, -0.05) is 37.3 Å². The molecule has 1 aromatic heterocycles. The highest BCUT2D eigenvalue weighted by atomic mass is 127. The van der Waals surface area contributed by atoms with Gasteiger partial charge < -0.3 is 10.6 Å². The third-order valence-electron chi connectivity index (χ3n) is 3.99. The minimum atomic E-state index is 0. The zero-order valence-corrected chi connectivity index (χ0v) is 17.0. The minimum absolute atomic E-state index is 0. The van der Waals surface area contributed by atoms with Crippen LogP contribution in [-0.4, -0.2) is 31.1 Å². The third kappa shape index (κ3) is 6.47. The van der Waals surface area contributed by atoms with E-state index in [2.05, 4.69) is 64.8 Å². The lowest BCUT2D eigenvalue weighted by Gasteiger charge is -2.16. The number of aryl methyl sites for hydroxylation is 1. The van der Waals surface area contributed by atoms with Crippen LogP contribution in [0.15, 0.2) is 53.8 Å². The van der Waals surface area contributed by atoms with Crippen molar-refractivity contribution in [3.8, 4) is 0 Å². The Morgan fingerprint density at radius 3 is 2.58 bits per heavy atom. The fourth-order valence-corrected chi connectivity index (χ4v) is 2.47. The van der Waals surface area contributed by atoms with Crippen LogP contribution in [0.4, 0.5) is 0 Å². The highest BCUT2D eigenvalue weighted by molar-refractivity contribution is 14.0. The molecular weight excluding hydrogens is 411 g/mol. The quantitative estimate of drug-likeness (QED) is 0.412. The molecule has 5 heteroatoms. The maximum absolute atomic E-state index is 4.29. The molecule has 130 valence electrons. The van der Waals surface area contributed by atoms with Crippen LogP contribution in [0.2, 0.25) is 0 Å². The molecule has 0 saturated heterocycles. The van der Waals surface area contributed by atoms with Crippen LogP contribution in [0.5, 0.6) is 0 Å². The van der Waals surface area contributed by atoms with Crippen molar-refractivity contribution in [2.24, 2.45) is 4.99 Å². The van der Waals surface area contributed by atoms with E-state index < -0.39 is 0 Å². The summed E-state index contributed by atoms with van der Waals surface area (Å²) < 4.78 is 0. The Kier molecular flexibility index (Phi) is 9.37. The molecule has 0 bridgehead atoms. The molecule has 0 aliphatic carbocycles. The SMILES string of the molecule is CN=C(NCCc1ccncc1C)NCC(C)c1ccccc1.I. The number of nitrogens with zero attached hydrogens (tertiary/aromatic N) is 2. The van der Waals surface area contributed by atoms with Gasteiger partial charge in [0, 0.05) is 32.5 Å². The van der Waals surface area contributed by atoms with Crippen molar-refractivity contribution >= 4 is 29.9 Å². The normalized spacial score (nSPS) is 12.2. The van der Waals surface area contributed by atoms with Crippen molar-refractivity contribution in [3.63, 3.8) is 0 Å². The molecule has 2 rings (SSSR count). The Bertz CT molecular complexity index is 628. The molecule has 2 aromatic rings. The van der Waals surface area contributed by atoms with Gasteiger partial charge >= 0.3 is 0 Å². The molecule has 0 aliphatic heterocycles. The van der Waals surface area contributed by atoms with Gasteiger partial charge in [0.1, 0.15) is 0 Å². The summed E-state index contributed by atoms with van der Waals surface area (Å²) in [5.74, 6) is 1.29. The van der Waals surface area contributed by atoms with E-state index in [0.717, 1.165) is 25.5 Å². The number of benzene rings is 1. The Labute approximate surface area is 162 Å². The Morgan fingerprint density at radius 2 is 1.92 bits per heavy atom. The summed E-state index contributed by atoms with van der Waals surface area (Å²) in [5, 5.41) is 6.77. The number of guanidine groups is 1. The summed E-state index contributed by atoms with van der Waals surface area (Å²) in [6.07, 6.45) is 4.71. The van der Waals surface area contributed by atoms with Gasteiger partial charge in [0.25, 0.3) is 0 Å². The predicted octanol–water partition coefficient (Wildman–Crippen LogP) is 3.52. The van der Waals surface area contributed by atoms with Crippen molar-refractivity contribution in [2.75, 3.05) is 20.1 Å². The van der Waals surface area contributed by atoms with E-state index in [-0.39, 0.29) is 24.0 Å². The van der Waals surface area contributed by atoms with Gasteiger partial charge in [-0.2, -0.15) is 0 Å².